The Hall–Kier alpha value is -9.40. The highest BCUT2D eigenvalue weighted by Crippen LogP contribution is 2.56. The van der Waals surface area contributed by atoms with Crippen LogP contribution < -0.4 is 31.5 Å². The van der Waals surface area contributed by atoms with E-state index in [-0.39, 0.29) is 0 Å². The highest BCUT2D eigenvalue weighted by molar-refractivity contribution is 6.99. The molecule has 15 rings (SSSR count). The van der Waals surface area contributed by atoms with E-state index in [1.165, 1.54) is 0 Å². The van der Waals surface area contributed by atoms with E-state index in [1.54, 1.807) is 0 Å². The van der Waals surface area contributed by atoms with E-state index in [0.29, 0.717) is 0 Å². The lowest BCUT2D eigenvalue weighted by molar-refractivity contribution is 0.631. The molecule has 0 N–H and O–H groups in total. The van der Waals surface area contributed by atoms with Crippen molar-refractivity contribution in [2.45, 2.75) is 0 Å². The molecule has 0 fully saturated rings. The Kier molecular flexibility index (Phi) is 8.32. The summed E-state index contributed by atoms with van der Waals surface area (Å²) in [6, 6.07) is 80.3. The molecule has 0 radical (unpaired) electrons. The van der Waals surface area contributed by atoms with Crippen molar-refractivity contribution in [1.29, 1.82) is 0 Å². The van der Waals surface area contributed by atoms with E-state index in [4.69, 9.17) is 17.7 Å². The summed E-state index contributed by atoms with van der Waals surface area (Å²) >= 11 is 0. The molecule has 4 aromatic heterocycles. The Bertz CT molecular complexity index is 3890. The molecule has 8 heteroatoms. The number of hydrogen-bond donors (Lipinski definition) is 0. The van der Waals surface area contributed by atoms with Crippen LogP contribution in [0.3, 0.4) is 0 Å². The van der Waals surface area contributed by atoms with Crippen molar-refractivity contribution < 1.29 is 17.7 Å². The molecule has 328 valence electrons. The summed E-state index contributed by atoms with van der Waals surface area (Å²) in [7, 11) is 0. The topological polar surface area (TPSA) is 62.3 Å². The molecule has 0 aliphatic carbocycles. The fraction of sp³-hybridized carbons (Fsp3) is 0. The largest absolute Gasteiger partial charge is 0.468 e. The summed E-state index contributed by atoms with van der Waals surface area (Å²) in [5, 5.41) is 3.91. The van der Waals surface area contributed by atoms with Crippen LogP contribution in [0.25, 0.3) is 66.5 Å². The minimum atomic E-state index is -0.463. The van der Waals surface area contributed by atoms with Gasteiger partial charge in [-0.3, -0.25) is 0 Å². The van der Waals surface area contributed by atoms with E-state index in [9.17, 15) is 0 Å². The molecule has 6 heterocycles. The molecule has 9 aromatic carbocycles. The lowest BCUT2D eigenvalue weighted by Gasteiger charge is -2.41. The minimum absolute atomic E-state index is 0.463. The van der Waals surface area contributed by atoms with Crippen molar-refractivity contribution in [3.8, 4) is 22.6 Å². The van der Waals surface area contributed by atoms with Gasteiger partial charge < -0.3 is 32.4 Å². The average Bonchev–Trinajstić information content (AvgIpc) is 4.21. The number of furan rings is 4. The van der Waals surface area contributed by atoms with Gasteiger partial charge >= 0.3 is 6.71 Å². The van der Waals surface area contributed by atoms with E-state index >= 15 is 0 Å². The smallest absolute Gasteiger partial charge is 0.342 e. The van der Waals surface area contributed by atoms with Crippen LogP contribution in [0, 0.1) is 0 Å². The third-order valence-electron chi connectivity index (χ3n) is 14.0. The molecule has 2 aliphatic rings. The van der Waals surface area contributed by atoms with E-state index in [1.807, 2.05) is 36.4 Å². The molecule has 13 aromatic rings. The van der Waals surface area contributed by atoms with Gasteiger partial charge in [0.25, 0.3) is 0 Å². The summed E-state index contributed by atoms with van der Waals surface area (Å²) in [5.74, 6) is 1.51. The van der Waals surface area contributed by atoms with Crippen LogP contribution >= 0.6 is 0 Å². The molecule has 0 amide bonds. The van der Waals surface area contributed by atoms with Gasteiger partial charge in [-0.2, -0.15) is 0 Å². The van der Waals surface area contributed by atoms with Gasteiger partial charge in [-0.15, -0.1) is 0 Å². The number of nitrogens with zero attached hydrogens (tertiary/aromatic N) is 3. The second-order valence-corrected chi connectivity index (χ2v) is 17.9. The first-order valence-corrected chi connectivity index (χ1v) is 23.6. The average molecular weight is 900 g/mol. The van der Waals surface area contributed by atoms with Crippen molar-refractivity contribution in [2.24, 2.45) is 0 Å². The molecule has 70 heavy (non-hydrogen) atoms. The number of rotatable bonds is 7. The number of benzene rings is 9. The molecule has 0 spiro atoms. The van der Waals surface area contributed by atoms with Gasteiger partial charge in [0.05, 0.1) is 17.1 Å². The van der Waals surface area contributed by atoms with Crippen LogP contribution in [-0.4, -0.2) is 6.71 Å². The SMILES string of the molecule is c1ccc(-c2oc3ccccc3c2N2c3cc(N(c4ccccc4)c4ccccc4)cc4c3B(c3oc5ccccc5c32)c2oc3ccccc3c2N4c2c(-c3ccccc3)oc3ccccc23)cc1. The van der Waals surface area contributed by atoms with Crippen molar-refractivity contribution in [1.82, 2.24) is 0 Å². The molecule has 2 aliphatic heterocycles. The zero-order valence-corrected chi connectivity index (χ0v) is 37.5. The zero-order valence-electron chi connectivity index (χ0n) is 37.5. The van der Waals surface area contributed by atoms with Gasteiger partial charge in [-0.05, 0) is 90.4 Å². The normalized spacial score (nSPS) is 12.8. The van der Waals surface area contributed by atoms with Crippen LogP contribution in [-0.2, 0) is 0 Å². The van der Waals surface area contributed by atoms with Gasteiger partial charge in [-0.1, -0.05) is 146 Å². The minimum Gasteiger partial charge on any atom is -0.468 e. The molecule has 0 atom stereocenters. The summed E-state index contributed by atoms with van der Waals surface area (Å²) < 4.78 is 28.7. The summed E-state index contributed by atoms with van der Waals surface area (Å²) in [6.07, 6.45) is 0. The van der Waals surface area contributed by atoms with E-state index in [0.717, 1.165) is 134 Å². The Morgan fingerprint density at radius 2 is 0.643 bits per heavy atom. The van der Waals surface area contributed by atoms with Crippen LogP contribution in [0.4, 0.5) is 51.2 Å². The highest BCUT2D eigenvalue weighted by Gasteiger charge is 2.51. The summed E-state index contributed by atoms with van der Waals surface area (Å²) in [5.41, 5.74) is 16.3. The first kappa shape index (κ1) is 38.7. The quantitative estimate of drug-likeness (QED) is 0.148. The Labute approximate surface area is 402 Å². The summed E-state index contributed by atoms with van der Waals surface area (Å²) in [4.78, 5) is 7.19. The van der Waals surface area contributed by atoms with Crippen molar-refractivity contribution in [3.05, 3.63) is 231 Å². The maximum absolute atomic E-state index is 7.30. The van der Waals surface area contributed by atoms with Crippen molar-refractivity contribution in [3.63, 3.8) is 0 Å². The van der Waals surface area contributed by atoms with Gasteiger partial charge in [0.1, 0.15) is 45.0 Å². The van der Waals surface area contributed by atoms with Gasteiger partial charge in [-0.25, -0.2) is 0 Å². The molecule has 0 unspecified atom stereocenters. The molecule has 0 bridgehead atoms. The lowest BCUT2D eigenvalue weighted by Crippen LogP contribution is -2.60. The van der Waals surface area contributed by atoms with Gasteiger partial charge in [0, 0.05) is 55.4 Å². The van der Waals surface area contributed by atoms with Crippen LogP contribution in [0.1, 0.15) is 0 Å². The molecular weight excluding hydrogens is 862 g/mol. The Morgan fingerprint density at radius 1 is 0.314 bits per heavy atom. The molecule has 0 saturated carbocycles. The zero-order chi connectivity index (χ0) is 45.9. The first-order valence-electron chi connectivity index (χ1n) is 23.6. The second-order valence-electron chi connectivity index (χ2n) is 17.9. The molecule has 0 saturated heterocycles. The lowest BCUT2D eigenvalue weighted by atomic mass is 9.37. The van der Waals surface area contributed by atoms with Gasteiger partial charge in [0.15, 0.2) is 11.5 Å². The Balaban J connectivity index is 1.15. The highest BCUT2D eigenvalue weighted by atomic mass is 16.4. The monoisotopic (exact) mass is 899 g/mol. The first-order chi connectivity index (χ1) is 34.8. The predicted molar refractivity (Wildman–Crippen MR) is 285 cm³/mol. The number of anilines is 9. The van der Waals surface area contributed by atoms with Crippen LogP contribution in [0.15, 0.2) is 248 Å². The predicted octanol–water partition coefficient (Wildman–Crippen LogP) is 15.6. The standard InChI is InChI=1S/C62H38BN3O4/c1-5-21-39(22-6-1)59-55(44-29-13-17-33-50(44)67-59)65-48-37-43(64(41-25-9-3-10-26-41)42-27-11-4-12-28-42)38-49-54(48)63(61-57(65)46-31-15-19-35-52(46)69-61)62-58(47-32-16-20-36-53(47)70-62)66(49)56-45-30-14-18-34-51(45)68-60(56)40-23-7-2-8-24-40/h1-38H. The summed E-state index contributed by atoms with van der Waals surface area (Å²) in [6.45, 7) is -0.463. The van der Waals surface area contributed by atoms with E-state index in [2.05, 4.69) is 209 Å². The number of fused-ring (bicyclic) bond motifs is 10. The van der Waals surface area contributed by atoms with Crippen molar-refractivity contribution >= 4 is 119 Å². The van der Waals surface area contributed by atoms with Crippen molar-refractivity contribution in [2.75, 3.05) is 14.7 Å². The number of hydrogen-bond acceptors (Lipinski definition) is 7. The van der Waals surface area contributed by atoms with Gasteiger partial charge in [0.2, 0.25) is 0 Å². The van der Waals surface area contributed by atoms with E-state index < -0.39 is 6.71 Å². The van der Waals surface area contributed by atoms with Crippen LogP contribution in [0.5, 0.6) is 0 Å². The third-order valence-corrected chi connectivity index (χ3v) is 14.0. The maximum Gasteiger partial charge on any atom is 0.342 e. The second kappa shape index (κ2) is 15.1. The third kappa shape index (κ3) is 5.58. The fourth-order valence-corrected chi connectivity index (χ4v) is 11.1. The molecule has 7 nitrogen and oxygen atoms in total. The number of para-hydroxylation sites is 6. The van der Waals surface area contributed by atoms with Crippen LogP contribution in [0.2, 0.25) is 0 Å². The fourth-order valence-electron chi connectivity index (χ4n) is 11.1. The Morgan fingerprint density at radius 3 is 1.04 bits per heavy atom. The maximum atomic E-state index is 7.30. The molecular formula is C62H38BN3O4.